The number of aromatic nitrogens is 1. The van der Waals surface area contributed by atoms with Gasteiger partial charge in [-0.2, -0.15) is 0 Å². The fourth-order valence-electron chi connectivity index (χ4n) is 4.22. The van der Waals surface area contributed by atoms with Gasteiger partial charge in [0.2, 0.25) is 0 Å². The molecule has 33 heavy (non-hydrogen) atoms. The molecule has 0 spiro atoms. The number of hydrogen-bond donors (Lipinski definition) is 3. The van der Waals surface area contributed by atoms with Gasteiger partial charge in [-0.05, 0) is 74.0 Å². The van der Waals surface area contributed by atoms with Crippen molar-refractivity contribution in [3.63, 3.8) is 0 Å². The number of rotatable bonds is 8. The van der Waals surface area contributed by atoms with Gasteiger partial charge < -0.3 is 24.9 Å². The fourth-order valence-corrected chi connectivity index (χ4v) is 4.22. The second kappa shape index (κ2) is 9.81. The first-order chi connectivity index (χ1) is 16.0. The molecule has 2 aromatic heterocycles. The van der Waals surface area contributed by atoms with Gasteiger partial charge in [0.15, 0.2) is 0 Å². The van der Waals surface area contributed by atoms with Gasteiger partial charge in [-0.15, -0.1) is 0 Å². The van der Waals surface area contributed by atoms with Crippen LogP contribution >= 0.6 is 0 Å². The Labute approximate surface area is 192 Å². The van der Waals surface area contributed by atoms with Crippen molar-refractivity contribution in [3.8, 4) is 0 Å². The van der Waals surface area contributed by atoms with Crippen LogP contribution in [0.5, 0.6) is 0 Å². The van der Waals surface area contributed by atoms with Gasteiger partial charge in [0.25, 0.3) is 0 Å². The Morgan fingerprint density at radius 3 is 2.67 bits per heavy atom. The molecular formula is C26H30N4O3. The van der Waals surface area contributed by atoms with Crippen LogP contribution in [0.25, 0.3) is 21.9 Å². The van der Waals surface area contributed by atoms with Crippen LogP contribution in [0.4, 0.5) is 10.5 Å². The SMILES string of the molecule is CCN(CC)c1ccc2c(C)c(CCNC(=O)NCc3ccc4[nH]ccc4c3)c(=O)oc2c1. The maximum atomic E-state index is 12.6. The first kappa shape index (κ1) is 22.5. The molecule has 2 heterocycles. The summed E-state index contributed by atoms with van der Waals surface area (Å²) in [5.74, 6) is 0. The third-order valence-electron chi connectivity index (χ3n) is 6.13. The molecule has 7 heteroatoms. The Hall–Kier alpha value is -3.74. The molecule has 0 atom stereocenters. The van der Waals surface area contributed by atoms with Crippen molar-refractivity contribution < 1.29 is 9.21 Å². The topological polar surface area (TPSA) is 90.4 Å². The molecule has 3 N–H and O–H groups in total. The number of fused-ring (bicyclic) bond motifs is 2. The zero-order chi connectivity index (χ0) is 23.4. The number of aromatic amines is 1. The molecule has 0 fully saturated rings. The number of carbonyl (C=O) groups is 1. The lowest BCUT2D eigenvalue weighted by Crippen LogP contribution is -2.36. The van der Waals surface area contributed by atoms with Crippen molar-refractivity contribution in [3.05, 3.63) is 75.8 Å². The second-order valence-electron chi connectivity index (χ2n) is 8.10. The number of H-pyrrole nitrogens is 1. The molecule has 0 unspecified atom stereocenters. The Bertz CT molecular complexity index is 1330. The summed E-state index contributed by atoms with van der Waals surface area (Å²) in [5.41, 5.74) is 4.86. The van der Waals surface area contributed by atoms with E-state index in [-0.39, 0.29) is 11.7 Å². The van der Waals surface area contributed by atoms with Gasteiger partial charge in [0.1, 0.15) is 5.58 Å². The number of hydrogen-bond acceptors (Lipinski definition) is 4. The number of benzene rings is 2. The molecule has 0 radical (unpaired) electrons. The van der Waals surface area contributed by atoms with Crippen LogP contribution in [0, 0.1) is 6.92 Å². The van der Waals surface area contributed by atoms with E-state index in [1.54, 1.807) is 0 Å². The van der Waals surface area contributed by atoms with E-state index in [4.69, 9.17) is 4.42 Å². The van der Waals surface area contributed by atoms with Gasteiger partial charge in [0.05, 0.1) is 0 Å². The lowest BCUT2D eigenvalue weighted by Gasteiger charge is -2.21. The highest BCUT2D eigenvalue weighted by Crippen LogP contribution is 2.25. The van der Waals surface area contributed by atoms with Crippen molar-refractivity contribution in [2.75, 3.05) is 24.5 Å². The number of nitrogens with one attached hydrogen (secondary N) is 3. The minimum atomic E-state index is -0.348. The van der Waals surface area contributed by atoms with Crippen LogP contribution < -0.4 is 21.2 Å². The fraction of sp³-hybridized carbons (Fsp3) is 0.308. The number of aryl methyl sites for hydroxylation is 1. The Morgan fingerprint density at radius 1 is 1.06 bits per heavy atom. The number of amides is 2. The molecular weight excluding hydrogens is 416 g/mol. The maximum Gasteiger partial charge on any atom is 0.339 e. The smallest absolute Gasteiger partial charge is 0.339 e. The van der Waals surface area contributed by atoms with Crippen LogP contribution in [0.1, 0.15) is 30.5 Å². The van der Waals surface area contributed by atoms with Crippen molar-refractivity contribution in [1.82, 2.24) is 15.6 Å². The van der Waals surface area contributed by atoms with Crippen molar-refractivity contribution >= 4 is 33.6 Å². The molecule has 0 aliphatic heterocycles. The largest absolute Gasteiger partial charge is 0.422 e. The Morgan fingerprint density at radius 2 is 1.88 bits per heavy atom. The first-order valence-electron chi connectivity index (χ1n) is 11.4. The summed E-state index contributed by atoms with van der Waals surface area (Å²) >= 11 is 0. The third-order valence-corrected chi connectivity index (χ3v) is 6.13. The highest BCUT2D eigenvalue weighted by molar-refractivity contribution is 5.84. The monoisotopic (exact) mass is 446 g/mol. The predicted octanol–water partition coefficient (Wildman–Crippen LogP) is 4.47. The molecule has 4 rings (SSSR count). The van der Waals surface area contributed by atoms with Crippen LogP contribution in [0.3, 0.4) is 0 Å². The molecule has 4 aromatic rings. The maximum absolute atomic E-state index is 12.6. The molecule has 0 aliphatic rings. The second-order valence-corrected chi connectivity index (χ2v) is 8.10. The van der Waals surface area contributed by atoms with Crippen molar-refractivity contribution in [2.45, 2.75) is 33.7 Å². The van der Waals surface area contributed by atoms with E-state index in [1.807, 2.05) is 49.5 Å². The van der Waals surface area contributed by atoms with Gasteiger partial charge >= 0.3 is 11.7 Å². The molecule has 172 valence electrons. The molecule has 0 bridgehead atoms. The highest BCUT2D eigenvalue weighted by Gasteiger charge is 2.13. The highest BCUT2D eigenvalue weighted by atomic mass is 16.4. The van der Waals surface area contributed by atoms with Crippen molar-refractivity contribution in [1.29, 1.82) is 0 Å². The Balaban J connectivity index is 1.37. The summed E-state index contributed by atoms with van der Waals surface area (Å²) < 4.78 is 5.63. The summed E-state index contributed by atoms with van der Waals surface area (Å²) in [6.45, 7) is 8.68. The molecule has 7 nitrogen and oxygen atoms in total. The number of nitrogens with zero attached hydrogens (tertiary/aromatic N) is 1. The van der Waals surface area contributed by atoms with E-state index in [0.717, 1.165) is 46.2 Å². The van der Waals surface area contributed by atoms with Crippen molar-refractivity contribution in [2.24, 2.45) is 0 Å². The third kappa shape index (κ3) is 4.87. The Kier molecular flexibility index (Phi) is 6.68. The van der Waals surface area contributed by atoms with E-state index in [2.05, 4.69) is 40.4 Å². The summed E-state index contributed by atoms with van der Waals surface area (Å²) in [5, 5.41) is 7.72. The van der Waals surface area contributed by atoms with E-state index in [9.17, 15) is 9.59 Å². The van der Waals surface area contributed by atoms with Gasteiger partial charge in [-0.3, -0.25) is 0 Å². The van der Waals surface area contributed by atoms with Crippen LogP contribution in [-0.2, 0) is 13.0 Å². The van der Waals surface area contributed by atoms with E-state index in [1.165, 1.54) is 0 Å². The normalized spacial score (nSPS) is 11.1. The zero-order valence-electron chi connectivity index (χ0n) is 19.3. The number of urea groups is 1. The zero-order valence-corrected chi connectivity index (χ0v) is 19.3. The van der Waals surface area contributed by atoms with Gasteiger partial charge in [-0.1, -0.05) is 6.07 Å². The molecule has 2 aromatic carbocycles. The molecule has 2 amide bonds. The van der Waals surface area contributed by atoms with Gasteiger partial charge in [-0.25, -0.2) is 9.59 Å². The average Bonchev–Trinajstić information content (AvgIpc) is 3.28. The molecule has 0 saturated carbocycles. The van der Waals surface area contributed by atoms with E-state index in [0.29, 0.717) is 30.7 Å². The standard InChI is InChI=1S/C26H30N4O3/c1-4-30(5-2)20-7-8-21-17(3)22(25(31)33-24(21)15-20)11-13-28-26(32)29-16-18-6-9-23-19(14-18)10-12-27-23/h6-10,12,14-15,27H,4-5,11,13,16H2,1-3H3,(H2,28,29,32). The summed E-state index contributed by atoms with van der Waals surface area (Å²) in [7, 11) is 0. The number of carbonyl (C=O) groups excluding carboxylic acids is 1. The lowest BCUT2D eigenvalue weighted by atomic mass is 10.0. The van der Waals surface area contributed by atoms with E-state index >= 15 is 0 Å². The van der Waals surface area contributed by atoms with E-state index < -0.39 is 0 Å². The summed E-state index contributed by atoms with van der Waals surface area (Å²) in [6.07, 6.45) is 2.30. The first-order valence-corrected chi connectivity index (χ1v) is 11.4. The van der Waals surface area contributed by atoms with Crippen LogP contribution in [-0.4, -0.2) is 30.6 Å². The van der Waals surface area contributed by atoms with Crippen LogP contribution in [0.2, 0.25) is 0 Å². The van der Waals surface area contributed by atoms with Crippen LogP contribution in [0.15, 0.2) is 57.9 Å². The molecule has 0 saturated heterocycles. The van der Waals surface area contributed by atoms with Gasteiger partial charge in [0, 0.05) is 60.6 Å². The molecule has 0 aliphatic carbocycles. The lowest BCUT2D eigenvalue weighted by molar-refractivity contribution is 0.240. The minimum Gasteiger partial charge on any atom is -0.422 e. The minimum absolute atomic E-state index is 0.268. The number of anilines is 1. The summed E-state index contributed by atoms with van der Waals surface area (Å²) in [6, 6.07) is 13.7. The quantitative estimate of drug-likeness (QED) is 0.348. The predicted molar refractivity (Wildman–Crippen MR) is 133 cm³/mol. The summed E-state index contributed by atoms with van der Waals surface area (Å²) in [4.78, 5) is 30.2. The average molecular weight is 447 g/mol.